The Morgan fingerprint density at radius 1 is 1.11 bits per heavy atom. The molecule has 0 spiro atoms. The van der Waals surface area contributed by atoms with Gasteiger partial charge in [0.15, 0.2) is 11.5 Å². The third-order valence-electron chi connectivity index (χ3n) is 5.61. The van der Waals surface area contributed by atoms with Gasteiger partial charge in [0, 0.05) is 22.2 Å². The number of hydrogen-bond donors (Lipinski definition) is 2. The molecule has 0 aliphatic carbocycles. The Morgan fingerprint density at radius 3 is 2.69 bits per heavy atom. The summed E-state index contributed by atoms with van der Waals surface area (Å²) in [6.45, 7) is 4.14. The van der Waals surface area contributed by atoms with E-state index in [2.05, 4.69) is 44.8 Å². The number of hydrogen-bond acceptors (Lipinski definition) is 6. The Morgan fingerprint density at radius 2 is 1.94 bits per heavy atom. The third kappa shape index (κ3) is 4.76. The highest BCUT2D eigenvalue weighted by atomic mass is 35.5. The lowest BCUT2D eigenvalue weighted by molar-refractivity contribution is 0.0924. The van der Waals surface area contributed by atoms with Crippen molar-refractivity contribution in [2.24, 2.45) is 5.92 Å². The van der Waals surface area contributed by atoms with E-state index >= 15 is 0 Å². The molecule has 0 bridgehead atoms. The number of fused-ring (bicyclic) bond motifs is 1. The van der Waals surface area contributed by atoms with Gasteiger partial charge in [0.1, 0.15) is 0 Å². The van der Waals surface area contributed by atoms with E-state index < -0.39 is 6.04 Å². The quantitative estimate of drug-likeness (QED) is 0.342. The molecule has 1 atom stereocenters. The Labute approximate surface area is 206 Å². The van der Waals surface area contributed by atoms with E-state index in [1.807, 2.05) is 48.5 Å². The monoisotopic (exact) mass is 486 g/mol. The molecule has 0 aliphatic heterocycles. The van der Waals surface area contributed by atoms with E-state index in [-0.39, 0.29) is 11.6 Å². The van der Waals surface area contributed by atoms with Crippen LogP contribution in [0.3, 0.4) is 0 Å². The largest absolute Gasteiger partial charge is 0.340 e. The van der Waals surface area contributed by atoms with Crippen LogP contribution < -0.4 is 5.32 Å². The van der Waals surface area contributed by atoms with Crippen LogP contribution in [0.4, 0.5) is 0 Å². The van der Waals surface area contributed by atoms with E-state index in [1.165, 1.54) is 0 Å². The summed E-state index contributed by atoms with van der Waals surface area (Å²) in [5, 5.41) is 23.5. The maximum absolute atomic E-state index is 13.4. The number of rotatable bonds is 7. The highest BCUT2D eigenvalue weighted by Gasteiger charge is 2.24. The van der Waals surface area contributed by atoms with E-state index in [1.54, 1.807) is 23.0 Å². The number of amides is 1. The van der Waals surface area contributed by atoms with Gasteiger partial charge >= 0.3 is 0 Å². The summed E-state index contributed by atoms with van der Waals surface area (Å²) in [6.07, 6.45) is 2.37. The average molecular weight is 487 g/mol. The molecular formula is C25H23ClN8O. The normalized spacial score (nSPS) is 12.2. The minimum absolute atomic E-state index is 0.278. The van der Waals surface area contributed by atoms with Crippen LogP contribution in [0.2, 0.25) is 5.02 Å². The molecule has 3 aromatic heterocycles. The van der Waals surface area contributed by atoms with Crippen LogP contribution in [0.1, 0.15) is 42.6 Å². The van der Waals surface area contributed by atoms with Gasteiger partial charge in [-0.1, -0.05) is 61.0 Å². The number of nitrogens with one attached hydrogen (secondary N) is 2. The Kier molecular flexibility index (Phi) is 6.24. The van der Waals surface area contributed by atoms with Crippen molar-refractivity contribution in [2.45, 2.75) is 26.3 Å². The molecule has 176 valence electrons. The maximum atomic E-state index is 13.4. The van der Waals surface area contributed by atoms with Gasteiger partial charge < -0.3 is 5.32 Å². The number of pyridine rings is 1. The van der Waals surface area contributed by atoms with Crippen LogP contribution in [0.5, 0.6) is 0 Å². The predicted octanol–water partition coefficient (Wildman–Crippen LogP) is 4.77. The van der Waals surface area contributed by atoms with Gasteiger partial charge in [-0.3, -0.25) is 9.78 Å². The third-order valence-corrected chi connectivity index (χ3v) is 5.84. The van der Waals surface area contributed by atoms with Crippen molar-refractivity contribution in [3.8, 4) is 16.9 Å². The zero-order chi connectivity index (χ0) is 24.4. The minimum atomic E-state index is -0.393. The average Bonchev–Trinajstić information content (AvgIpc) is 3.54. The van der Waals surface area contributed by atoms with Crippen molar-refractivity contribution in [3.63, 3.8) is 0 Å². The Balaban J connectivity index is 1.59. The zero-order valence-electron chi connectivity index (χ0n) is 19.2. The number of tetrazole rings is 1. The molecule has 0 radical (unpaired) electrons. The predicted molar refractivity (Wildman–Crippen MR) is 133 cm³/mol. The molecular weight excluding hydrogens is 464 g/mol. The lowest BCUT2D eigenvalue weighted by Crippen LogP contribution is -2.30. The summed E-state index contributed by atoms with van der Waals surface area (Å²) in [4.78, 5) is 17.8. The molecule has 0 fully saturated rings. The van der Waals surface area contributed by atoms with E-state index in [0.717, 1.165) is 27.8 Å². The van der Waals surface area contributed by atoms with Crippen LogP contribution >= 0.6 is 11.6 Å². The topological polar surface area (TPSA) is 114 Å². The SMILES string of the molecule is CC(C)CC(NC(=O)c1cc(-c2ccccc2)n(-c2ccnc3cc(Cl)ccc23)n1)c1nn[nH]n1. The summed E-state index contributed by atoms with van der Waals surface area (Å²) in [7, 11) is 0. The van der Waals surface area contributed by atoms with Gasteiger partial charge in [-0.25, -0.2) is 4.68 Å². The van der Waals surface area contributed by atoms with E-state index in [4.69, 9.17) is 16.7 Å². The molecule has 2 N–H and O–H groups in total. The number of carbonyl (C=O) groups excluding carboxylic acids is 1. The number of carbonyl (C=O) groups is 1. The number of aromatic amines is 1. The molecule has 3 heterocycles. The van der Waals surface area contributed by atoms with Gasteiger partial charge in [-0.05, 0) is 42.7 Å². The fourth-order valence-electron chi connectivity index (χ4n) is 4.03. The highest BCUT2D eigenvalue weighted by molar-refractivity contribution is 6.31. The fourth-order valence-corrected chi connectivity index (χ4v) is 4.20. The summed E-state index contributed by atoms with van der Waals surface area (Å²) in [5.41, 5.74) is 3.51. The molecule has 0 saturated heterocycles. The van der Waals surface area contributed by atoms with Crippen molar-refractivity contribution >= 4 is 28.4 Å². The standard InChI is InChI=1S/C25H23ClN8O/c1-15(2)12-20(24-29-32-33-30-24)28-25(35)21-14-23(16-6-4-3-5-7-16)34(31-21)22-10-11-27-19-13-17(26)8-9-18(19)22/h3-11,13-15,20H,12H2,1-2H3,(H,28,35)(H,29,30,32,33). The summed E-state index contributed by atoms with van der Waals surface area (Å²) < 4.78 is 1.77. The smallest absolute Gasteiger partial charge is 0.272 e. The minimum Gasteiger partial charge on any atom is -0.340 e. The number of H-pyrrole nitrogens is 1. The maximum Gasteiger partial charge on any atom is 0.272 e. The number of aromatic nitrogens is 7. The van der Waals surface area contributed by atoms with E-state index in [9.17, 15) is 4.79 Å². The first-order chi connectivity index (χ1) is 17.0. The second-order valence-electron chi connectivity index (χ2n) is 8.61. The molecule has 10 heteroatoms. The molecule has 9 nitrogen and oxygen atoms in total. The van der Waals surface area contributed by atoms with Crippen LogP contribution in [-0.2, 0) is 0 Å². The van der Waals surface area contributed by atoms with Crippen LogP contribution in [0.25, 0.3) is 27.8 Å². The summed E-state index contributed by atoms with van der Waals surface area (Å²) in [6, 6.07) is 18.6. The van der Waals surface area contributed by atoms with Crippen molar-refractivity contribution in [2.75, 3.05) is 0 Å². The molecule has 2 aromatic carbocycles. The molecule has 0 aliphatic rings. The highest BCUT2D eigenvalue weighted by Crippen LogP contribution is 2.29. The van der Waals surface area contributed by atoms with Gasteiger partial charge in [0.05, 0.1) is 22.9 Å². The summed E-state index contributed by atoms with van der Waals surface area (Å²) in [5.74, 6) is 0.427. The Bertz CT molecular complexity index is 1460. The first-order valence-electron chi connectivity index (χ1n) is 11.2. The van der Waals surface area contributed by atoms with Crippen molar-refractivity contribution in [1.29, 1.82) is 0 Å². The van der Waals surface area contributed by atoms with Gasteiger partial charge in [0.25, 0.3) is 5.91 Å². The first kappa shape index (κ1) is 22.7. The molecule has 5 rings (SSSR count). The molecule has 35 heavy (non-hydrogen) atoms. The van der Waals surface area contributed by atoms with Gasteiger partial charge in [-0.2, -0.15) is 10.3 Å². The van der Waals surface area contributed by atoms with Crippen LogP contribution in [0, 0.1) is 5.92 Å². The van der Waals surface area contributed by atoms with Crippen molar-refractivity contribution < 1.29 is 4.79 Å². The second kappa shape index (κ2) is 9.63. The lowest BCUT2D eigenvalue weighted by Gasteiger charge is -2.16. The fraction of sp³-hybridized carbons (Fsp3) is 0.200. The number of benzene rings is 2. The van der Waals surface area contributed by atoms with Crippen molar-refractivity contribution in [1.82, 2.24) is 40.7 Å². The summed E-state index contributed by atoms with van der Waals surface area (Å²) >= 11 is 6.18. The van der Waals surface area contributed by atoms with Crippen molar-refractivity contribution in [3.05, 3.63) is 83.4 Å². The molecule has 1 unspecified atom stereocenters. The Hall–Kier alpha value is -4.11. The first-order valence-corrected chi connectivity index (χ1v) is 11.6. The van der Waals surface area contributed by atoms with Crippen LogP contribution in [-0.4, -0.2) is 41.3 Å². The number of halogens is 1. The zero-order valence-corrected chi connectivity index (χ0v) is 19.9. The number of nitrogens with zero attached hydrogens (tertiary/aromatic N) is 6. The van der Waals surface area contributed by atoms with Gasteiger partial charge in [-0.15, -0.1) is 10.2 Å². The van der Waals surface area contributed by atoms with E-state index in [0.29, 0.717) is 23.2 Å². The van der Waals surface area contributed by atoms with Crippen LogP contribution in [0.15, 0.2) is 66.9 Å². The molecule has 1 amide bonds. The van der Waals surface area contributed by atoms with Gasteiger partial charge in [0.2, 0.25) is 0 Å². The second-order valence-corrected chi connectivity index (χ2v) is 9.05. The molecule has 5 aromatic rings. The lowest BCUT2D eigenvalue weighted by atomic mass is 10.0. The molecule has 0 saturated carbocycles.